The van der Waals surface area contributed by atoms with Crippen molar-refractivity contribution in [1.29, 1.82) is 0 Å². The lowest BCUT2D eigenvalue weighted by molar-refractivity contribution is 0.124. The first-order valence-corrected chi connectivity index (χ1v) is 6.49. The van der Waals surface area contributed by atoms with Crippen LogP contribution in [0.5, 0.6) is 0 Å². The molecule has 0 unspecified atom stereocenters. The number of nitrogens with one attached hydrogen (secondary N) is 1. The Balaban J connectivity index is 3.10. The van der Waals surface area contributed by atoms with Crippen molar-refractivity contribution in [1.82, 2.24) is 5.32 Å². The molecule has 0 aromatic carbocycles. The summed E-state index contributed by atoms with van der Waals surface area (Å²) in [5.41, 5.74) is 0. The molecule has 0 aliphatic carbocycles. The average Bonchev–Trinajstić information content (AvgIpc) is 2.22. The van der Waals surface area contributed by atoms with Crippen molar-refractivity contribution in [3.05, 3.63) is 0 Å². The van der Waals surface area contributed by atoms with Crippen LogP contribution >= 0.6 is 0 Å². The highest BCUT2D eigenvalue weighted by molar-refractivity contribution is 4.58. The van der Waals surface area contributed by atoms with Gasteiger partial charge in [-0.1, -0.05) is 40.5 Å². The van der Waals surface area contributed by atoms with Crippen molar-refractivity contribution in [2.24, 2.45) is 11.8 Å². The van der Waals surface area contributed by atoms with Crippen LogP contribution in [0.2, 0.25) is 0 Å². The molecule has 0 saturated carbocycles. The van der Waals surface area contributed by atoms with Gasteiger partial charge in [0.1, 0.15) is 0 Å². The van der Waals surface area contributed by atoms with Crippen LogP contribution < -0.4 is 5.32 Å². The van der Waals surface area contributed by atoms with Crippen molar-refractivity contribution in [3.63, 3.8) is 0 Å². The summed E-state index contributed by atoms with van der Waals surface area (Å²) in [6.45, 7) is 12.9. The van der Waals surface area contributed by atoms with E-state index in [-0.39, 0.29) is 0 Å². The first-order valence-electron chi connectivity index (χ1n) is 6.49. The maximum atomic E-state index is 5.53. The molecule has 2 heteroatoms. The molecule has 92 valence electrons. The highest BCUT2D eigenvalue weighted by Gasteiger charge is 2.01. The Hall–Kier alpha value is -0.0800. The minimum absolute atomic E-state index is 0.752. The summed E-state index contributed by atoms with van der Waals surface area (Å²) in [4.78, 5) is 0. The number of hydrogen-bond acceptors (Lipinski definition) is 2. The lowest BCUT2D eigenvalue weighted by atomic mass is 10.0. The fourth-order valence-corrected chi connectivity index (χ4v) is 1.45. The van der Waals surface area contributed by atoms with Gasteiger partial charge in [-0.15, -0.1) is 0 Å². The third-order valence-corrected chi connectivity index (χ3v) is 2.85. The average molecular weight is 215 g/mol. The summed E-state index contributed by atoms with van der Waals surface area (Å²) < 4.78 is 5.53. The van der Waals surface area contributed by atoms with Gasteiger partial charge in [-0.2, -0.15) is 0 Å². The molecule has 0 fully saturated rings. The van der Waals surface area contributed by atoms with Crippen molar-refractivity contribution >= 4 is 0 Å². The Morgan fingerprint density at radius 2 is 1.73 bits per heavy atom. The van der Waals surface area contributed by atoms with E-state index < -0.39 is 0 Å². The summed E-state index contributed by atoms with van der Waals surface area (Å²) in [5, 5.41) is 3.45. The zero-order valence-electron chi connectivity index (χ0n) is 11.0. The molecule has 0 heterocycles. The van der Waals surface area contributed by atoms with Crippen molar-refractivity contribution in [2.75, 3.05) is 26.3 Å². The maximum absolute atomic E-state index is 5.53. The molecule has 0 spiro atoms. The summed E-state index contributed by atoms with van der Waals surface area (Å²) in [7, 11) is 0. The van der Waals surface area contributed by atoms with Crippen molar-refractivity contribution in [3.8, 4) is 0 Å². The Labute approximate surface area is 95.8 Å². The lowest BCUT2D eigenvalue weighted by Crippen LogP contribution is -2.26. The van der Waals surface area contributed by atoms with E-state index >= 15 is 0 Å². The van der Waals surface area contributed by atoms with Gasteiger partial charge in [0.15, 0.2) is 0 Å². The van der Waals surface area contributed by atoms with Gasteiger partial charge in [0.25, 0.3) is 0 Å². The van der Waals surface area contributed by atoms with Crippen LogP contribution in [0, 0.1) is 11.8 Å². The van der Waals surface area contributed by atoms with Crippen LogP contribution in [0.25, 0.3) is 0 Å². The SMILES string of the molecule is CCC(CC)CNCCOCCC(C)C. The van der Waals surface area contributed by atoms with E-state index in [4.69, 9.17) is 4.74 Å². The van der Waals surface area contributed by atoms with E-state index in [0.717, 1.165) is 38.1 Å². The molecule has 0 bridgehead atoms. The molecule has 0 saturated heterocycles. The van der Waals surface area contributed by atoms with E-state index in [1.165, 1.54) is 19.3 Å². The Morgan fingerprint density at radius 1 is 1.07 bits per heavy atom. The second-order valence-corrected chi connectivity index (χ2v) is 4.68. The topological polar surface area (TPSA) is 21.3 Å². The van der Waals surface area contributed by atoms with Crippen LogP contribution in [-0.4, -0.2) is 26.3 Å². The van der Waals surface area contributed by atoms with Gasteiger partial charge in [-0.05, 0) is 24.8 Å². The van der Waals surface area contributed by atoms with Crippen LogP contribution in [0.3, 0.4) is 0 Å². The molecule has 0 aliphatic heterocycles. The molecule has 2 nitrogen and oxygen atoms in total. The summed E-state index contributed by atoms with van der Waals surface area (Å²) in [6.07, 6.45) is 3.72. The number of hydrogen-bond donors (Lipinski definition) is 1. The number of rotatable bonds is 10. The van der Waals surface area contributed by atoms with E-state index in [9.17, 15) is 0 Å². The third-order valence-electron chi connectivity index (χ3n) is 2.85. The van der Waals surface area contributed by atoms with E-state index in [1.807, 2.05) is 0 Å². The first-order chi connectivity index (χ1) is 7.20. The number of ether oxygens (including phenoxy) is 1. The molecular formula is C13H29NO. The smallest absolute Gasteiger partial charge is 0.0590 e. The van der Waals surface area contributed by atoms with Gasteiger partial charge in [-0.25, -0.2) is 0 Å². The molecule has 0 aromatic rings. The van der Waals surface area contributed by atoms with Gasteiger partial charge < -0.3 is 10.1 Å². The maximum Gasteiger partial charge on any atom is 0.0590 e. The summed E-state index contributed by atoms with van der Waals surface area (Å²) >= 11 is 0. The normalized spacial score (nSPS) is 11.6. The minimum Gasteiger partial charge on any atom is -0.380 e. The van der Waals surface area contributed by atoms with Gasteiger partial charge in [0.2, 0.25) is 0 Å². The Bertz CT molecular complexity index is 122. The third kappa shape index (κ3) is 10.2. The highest BCUT2D eigenvalue weighted by Crippen LogP contribution is 2.04. The predicted octanol–water partition coefficient (Wildman–Crippen LogP) is 3.07. The summed E-state index contributed by atoms with van der Waals surface area (Å²) in [5.74, 6) is 1.59. The molecule has 0 aliphatic rings. The summed E-state index contributed by atoms with van der Waals surface area (Å²) in [6, 6.07) is 0. The van der Waals surface area contributed by atoms with Gasteiger partial charge in [0, 0.05) is 13.2 Å². The van der Waals surface area contributed by atoms with Crippen LogP contribution in [-0.2, 0) is 4.74 Å². The van der Waals surface area contributed by atoms with Crippen LogP contribution in [0.15, 0.2) is 0 Å². The van der Waals surface area contributed by atoms with Gasteiger partial charge in [0.05, 0.1) is 6.61 Å². The highest BCUT2D eigenvalue weighted by atomic mass is 16.5. The molecule has 0 rings (SSSR count). The lowest BCUT2D eigenvalue weighted by Gasteiger charge is -2.13. The fraction of sp³-hybridized carbons (Fsp3) is 1.00. The Morgan fingerprint density at radius 3 is 2.27 bits per heavy atom. The molecule has 0 atom stereocenters. The molecule has 0 aromatic heterocycles. The Kier molecular flexibility index (Phi) is 10.4. The fourth-order valence-electron chi connectivity index (χ4n) is 1.45. The van der Waals surface area contributed by atoms with Gasteiger partial charge in [-0.3, -0.25) is 0 Å². The monoisotopic (exact) mass is 215 g/mol. The van der Waals surface area contributed by atoms with Crippen LogP contribution in [0.1, 0.15) is 47.0 Å². The van der Waals surface area contributed by atoms with Crippen molar-refractivity contribution < 1.29 is 4.74 Å². The second-order valence-electron chi connectivity index (χ2n) is 4.68. The predicted molar refractivity (Wildman–Crippen MR) is 67.2 cm³/mol. The zero-order chi connectivity index (χ0) is 11.5. The quantitative estimate of drug-likeness (QED) is 0.565. The molecule has 1 N–H and O–H groups in total. The second kappa shape index (κ2) is 10.4. The van der Waals surface area contributed by atoms with Gasteiger partial charge >= 0.3 is 0 Å². The first kappa shape index (κ1) is 14.9. The zero-order valence-corrected chi connectivity index (χ0v) is 11.0. The van der Waals surface area contributed by atoms with E-state index in [0.29, 0.717) is 0 Å². The van der Waals surface area contributed by atoms with E-state index in [2.05, 4.69) is 33.0 Å². The van der Waals surface area contributed by atoms with E-state index in [1.54, 1.807) is 0 Å². The molecular weight excluding hydrogens is 186 g/mol. The van der Waals surface area contributed by atoms with Crippen LogP contribution in [0.4, 0.5) is 0 Å². The molecule has 15 heavy (non-hydrogen) atoms. The largest absolute Gasteiger partial charge is 0.380 e. The molecule has 0 radical (unpaired) electrons. The minimum atomic E-state index is 0.752. The standard InChI is InChI=1S/C13H29NO/c1-5-13(6-2)11-14-8-10-15-9-7-12(3)4/h12-14H,5-11H2,1-4H3. The van der Waals surface area contributed by atoms with Crippen molar-refractivity contribution in [2.45, 2.75) is 47.0 Å². The molecule has 0 amide bonds.